The molecule has 0 aliphatic heterocycles. The minimum Gasteiger partial charge on any atom is -0.481 e. The van der Waals surface area contributed by atoms with Gasteiger partial charge in [-0.2, -0.15) is 0 Å². The molecule has 0 saturated heterocycles. The number of carboxylic acid groups (broad SMARTS) is 2. The van der Waals surface area contributed by atoms with Gasteiger partial charge in [-0.1, -0.05) is 6.58 Å². The molecule has 0 aromatic carbocycles. The van der Waals surface area contributed by atoms with Crippen LogP contribution in [0.15, 0.2) is 12.2 Å². The molecule has 0 aromatic rings. The molecule has 60 valence electrons. The predicted octanol–water partition coefficient (Wildman–Crippen LogP) is -1.08. The van der Waals surface area contributed by atoms with Gasteiger partial charge in [-0.05, 0) is 0 Å². The van der Waals surface area contributed by atoms with E-state index in [9.17, 15) is 9.59 Å². The predicted molar refractivity (Wildman–Crippen MR) is 39.0 cm³/mol. The van der Waals surface area contributed by atoms with E-state index in [-0.39, 0.29) is 49.1 Å². The van der Waals surface area contributed by atoms with Gasteiger partial charge in [0.25, 0.3) is 0 Å². The Morgan fingerprint density at radius 2 is 1.64 bits per heavy atom. The van der Waals surface area contributed by atoms with Gasteiger partial charge in [0, 0.05) is 31.8 Å². The fourth-order valence-corrected chi connectivity index (χ4v) is 0.258. The second-order valence-corrected chi connectivity index (χ2v) is 1.48. The summed E-state index contributed by atoms with van der Waals surface area (Å²) in [6.07, 6.45) is -0.505. The molecule has 0 radical (unpaired) electrons. The van der Waals surface area contributed by atoms with Gasteiger partial charge in [-0.25, -0.2) is 4.79 Å². The molecule has 0 atom stereocenters. The monoisotopic (exact) mass is 250 g/mol. The Balaban J connectivity index is -0.000000320. The molecule has 0 aliphatic carbocycles. The number of hydrogen-bond acceptors (Lipinski definition) is 2. The summed E-state index contributed by atoms with van der Waals surface area (Å²) in [5.41, 5.74) is -0.303. The van der Waals surface area contributed by atoms with Crippen molar-refractivity contribution in [2.75, 3.05) is 0 Å². The number of rotatable bonds is 3. The molecule has 0 aromatic heterocycles. The van der Waals surface area contributed by atoms with Crippen LogP contribution in [0.25, 0.3) is 0 Å². The normalized spacial score (nSPS) is 6.91. The first-order valence-corrected chi connectivity index (χ1v) is 2.17. The van der Waals surface area contributed by atoms with Crippen molar-refractivity contribution in [3.8, 4) is 0 Å². The van der Waals surface area contributed by atoms with Crippen LogP contribution in [-0.4, -0.2) is 39.5 Å². The van der Waals surface area contributed by atoms with Crippen molar-refractivity contribution in [3.63, 3.8) is 0 Å². The van der Waals surface area contributed by atoms with Gasteiger partial charge in [0.05, 0.1) is 6.42 Å². The summed E-state index contributed by atoms with van der Waals surface area (Å²) in [5.74, 6) is -2.44. The molecule has 0 aliphatic rings. The van der Waals surface area contributed by atoms with Crippen molar-refractivity contribution in [2.24, 2.45) is 0 Å². The minimum atomic E-state index is -1.27. The first kappa shape index (κ1) is 17.3. The van der Waals surface area contributed by atoms with E-state index in [0.717, 1.165) is 0 Å². The molecular formula is C5H9AlO4Zr. The zero-order valence-corrected chi connectivity index (χ0v) is 7.58. The molecule has 0 amide bonds. The van der Waals surface area contributed by atoms with Gasteiger partial charge in [0.2, 0.25) is 0 Å². The molecular weight excluding hydrogens is 242 g/mol. The molecule has 0 heterocycles. The van der Waals surface area contributed by atoms with Crippen molar-refractivity contribution in [3.05, 3.63) is 12.2 Å². The third-order valence-corrected chi connectivity index (χ3v) is 0.667. The summed E-state index contributed by atoms with van der Waals surface area (Å²) in [6, 6.07) is 0. The number of hydrogen-bond donors (Lipinski definition) is 2. The molecule has 0 rings (SSSR count). The van der Waals surface area contributed by atoms with Crippen LogP contribution in [0, 0.1) is 0 Å². The molecule has 0 bridgehead atoms. The number of carbonyl (C=O) groups is 2. The maximum atomic E-state index is 9.87. The van der Waals surface area contributed by atoms with E-state index >= 15 is 0 Å². The zero-order chi connectivity index (χ0) is 7.44. The summed E-state index contributed by atoms with van der Waals surface area (Å²) in [5, 5.41) is 16.1. The van der Waals surface area contributed by atoms with Crippen LogP contribution in [0.2, 0.25) is 0 Å². The van der Waals surface area contributed by atoms with Crippen molar-refractivity contribution in [2.45, 2.75) is 6.42 Å². The van der Waals surface area contributed by atoms with E-state index < -0.39 is 18.4 Å². The average Bonchev–Trinajstić information content (AvgIpc) is 1.63. The Bertz CT molecular complexity index is 168. The Kier molecular flexibility index (Phi) is 12.9. The van der Waals surface area contributed by atoms with Gasteiger partial charge >= 0.3 is 11.9 Å². The average molecular weight is 251 g/mol. The van der Waals surface area contributed by atoms with Gasteiger partial charge in [0.1, 0.15) is 0 Å². The fraction of sp³-hybridized carbons (Fsp3) is 0.200. The van der Waals surface area contributed by atoms with Crippen LogP contribution in [0.3, 0.4) is 0 Å². The molecule has 0 saturated carbocycles. The van der Waals surface area contributed by atoms with Gasteiger partial charge in [0.15, 0.2) is 17.4 Å². The topological polar surface area (TPSA) is 74.6 Å². The van der Waals surface area contributed by atoms with E-state index in [1.54, 1.807) is 0 Å². The van der Waals surface area contributed by atoms with E-state index in [4.69, 9.17) is 10.2 Å². The first-order valence-electron chi connectivity index (χ1n) is 2.17. The van der Waals surface area contributed by atoms with Gasteiger partial charge < -0.3 is 10.2 Å². The minimum absolute atomic E-state index is 0. The molecule has 0 fully saturated rings. The smallest absolute Gasteiger partial charge is 0.331 e. The summed E-state index contributed by atoms with van der Waals surface area (Å²) < 4.78 is 0. The second-order valence-electron chi connectivity index (χ2n) is 1.48. The van der Waals surface area contributed by atoms with Crippen LogP contribution in [-0.2, 0) is 35.8 Å². The quantitative estimate of drug-likeness (QED) is 0.494. The standard InChI is InChI=1S/C5H6O4.Al.Zr.3H/c1-3(5(8)9)2-4(6)7;;;;;/h1-2H2,(H,6,7)(H,8,9);;;;;. The van der Waals surface area contributed by atoms with E-state index in [1.807, 2.05) is 0 Å². The third-order valence-electron chi connectivity index (χ3n) is 0.667. The fourth-order valence-electron chi connectivity index (χ4n) is 0.258. The van der Waals surface area contributed by atoms with Gasteiger partial charge in [-0.15, -0.1) is 0 Å². The van der Waals surface area contributed by atoms with E-state index in [1.165, 1.54) is 0 Å². The first-order chi connectivity index (χ1) is 4.04. The molecule has 0 spiro atoms. The van der Waals surface area contributed by atoms with Crippen molar-refractivity contribution < 1.29 is 46.0 Å². The summed E-state index contributed by atoms with van der Waals surface area (Å²) in [6.45, 7) is 3.01. The molecule has 6 heteroatoms. The maximum Gasteiger partial charge on any atom is 0.331 e. The Morgan fingerprint density at radius 3 is 1.73 bits per heavy atom. The Morgan fingerprint density at radius 1 is 1.27 bits per heavy atom. The van der Waals surface area contributed by atoms with Crippen molar-refractivity contribution >= 4 is 29.3 Å². The van der Waals surface area contributed by atoms with E-state index in [2.05, 4.69) is 6.58 Å². The summed E-state index contributed by atoms with van der Waals surface area (Å²) in [4.78, 5) is 19.7. The molecule has 2 N–H and O–H groups in total. The Hall–Kier alpha value is 0.0956. The van der Waals surface area contributed by atoms with Crippen LogP contribution in [0.5, 0.6) is 0 Å². The molecule has 0 unspecified atom stereocenters. The van der Waals surface area contributed by atoms with Crippen LogP contribution >= 0.6 is 0 Å². The van der Waals surface area contributed by atoms with Crippen LogP contribution in [0.1, 0.15) is 6.42 Å². The van der Waals surface area contributed by atoms with Crippen LogP contribution < -0.4 is 0 Å². The third kappa shape index (κ3) is 10.1. The van der Waals surface area contributed by atoms with Gasteiger partial charge in [-0.3, -0.25) is 4.79 Å². The molecule has 4 nitrogen and oxygen atoms in total. The number of carboxylic acids is 2. The summed E-state index contributed by atoms with van der Waals surface area (Å²) in [7, 11) is 0. The maximum absolute atomic E-state index is 9.87. The Labute approximate surface area is 93.5 Å². The molecule has 11 heavy (non-hydrogen) atoms. The van der Waals surface area contributed by atoms with Crippen molar-refractivity contribution in [1.29, 1.82) is 0 Å². The van der Waals surface area contributed by atoms with Crippen molar-refractivity contribution in [1.82, 2.24) is 0 Å². The largest absolute Gasteiger partial charge is 0.481 e. The number of aliphatic carboxylic acids is 2. The SMILES string of the molecule is C=C(CC(=O)O)C(=O)O.[AlH3].[Zr]. The second kappa shape index (κ2) is 8.19. The summed E-state index contributed by atoms with van der Waals surface area (Å²) >= 11 is 0. The zero-order valence-electron chi connectivity index (χ0n) is 5.13. The van der Waals surface area contributed by atoms with Crippen LogP contribution in [0.4, 0.5) is 0 Å². The van der Waals surface area contributed by atoms with E-state index in [0.29, 0.717) is 0 Å².